The van der Waals surface area contributed by atoms with Crippen LogP contribution in [0.2, 0.25) is 5.02 Å². The molecule has 0 aliphatic carbocycles. The molecule has 31 heavy (non-hydrogen) atoms. The molecule has 1 heterocycles. The number of hydrogen-bond donors (Lipinski definition) is 1. The highest BCUT2D eigenvalue weighted by Gasteiger charge is 2.20. The number of aryl methyl sites for hydroxylation is 1. The van der Waals surface area contributed by atoms with Crippen molar-refractivity contribution in [2.75, 3.05) is 31.1 Å². The first kappa shape index (κ1) is 21.9. The molecule has 160 valence electrons. The molecule has 3 aromatic carbocycles. The van der Waals surface area contributed by atoms with E-state index in [1.807, 2.05) is 31.2 Å². The molecule has 1 N–H and O–H groups in total. The number of rotatable bonds is 5. The second kappa shape index (κ2) is 9.43. The number of anilines is 1. The molecule has 0 radical (unpaired) electrons. The van der Waals surface area contributed by atoms with Crippen LogP contribution in [-0.2, 0) is 6.54 Å². The zero-order valence-corrected chi connectivity index (χ0v) is 19.7. The van der Waals surface area contributed by atoms with Gasteiger partial charge in [-0.1, -0.05) is 45.7 Å². The Hall–Kier alpha value is -2.34. The molecule has 0 unspecified atom stereocenters. The summed E-state index contributed by atoms with van der Waals surface area (Å²) in [4.78, 5) is 16.1. The zero-order valence-electron chi connectivity index (χ0n) is 17.3. The van der Waals surface area contributed by atoms with Gasteiger partial charge in [0.25, 0.3) is 0 Å². The Kier molecular flexibility index (Phi) is 6.65. The molecule has 1 saturated heterocycles. The van der Waals surface area contributed by atoms with E-state index in [-0.39, 0.29) is 0 Å². The molecular weight excluding hydrogens is 476 g/mol. The second-order valence-corrected chi connectivity index (χ2v) is 9.23. The highest BCUT2D eigenvalue weighted by atomic mass is 79.9. The fourth-order valence-electron chi connectivity index (χ4n) is 4.09. The van der Waals surface area contributed by atoms with Gasteiger partial charge in [0, 0.05) is 47.9 Å². The lowest BCUT2D eigenvalue weighted by molar-refractivity contribution is 0.0696. The molecule has 0 aromatic heterocycles. The largest absolute Gasteiger partial charge is 0.478 e. The predicted octanol–water partition coefficient (Wildman–Crippen LogP) is 6.10. The Bertz CT molecular complexity index is 1090. The molecule has 0 atom stereocenters. The first-order chi connectivity index (χ1) is 14.9. The van der Waals surface area contributed by atoms with E-state index in [0.717, 1.165) is 53.5 Å². The Morgan fingerprint density at radius 3 is 2.35 bits per heavy atom. The number of benzene rings is 3. The van der Waals surface area contributed by atoms with Crippen LogP contribution in [0.3, 0.4) is 0 Å². The summed E-state index contributed by atoms with van der Waals surface area (Å²) in [5.74, 6) is -0.876. The van der Waals surface area contributed by atoms with E-state index in [1.54, 1.807) is 6.07 Å². The molecule has 0 amide bonds. The number of carbonyl (C=O) groups is 1. The van der Waals surface area contributed by atoms with Crippen LogP contribution in [0.4, 0.5) is 5.69 Å². The summed E-state index contributed by atoms with van der Waals surface area (Å²) >= 11 is 9.69. The number of carboxylic acids is 1. The van der Waals surface area contributed by atoms with E-state index in [4.69, 9.17) is 11.6 Å². The maximum atomic E-state index is 11.3. The van der Waals surface area contributed by atoms with Crippen LogP contribution in [0.25, 0.3) is 11.1 Å². The van der Waals surface area contributed by atoms with Crippen LogP contribution >= 0.6 is 27.5 Å². The van der Waals surface area contributed by atoms with Gasteiger partial charge >= 0.3 is 5.97 Å². The molecule has 0 saturated carbocycles. The summed E-state index contributed by atoms with van der Waals surface area (Å²) < 4.78 is 1.08. The Morgan fingerprint density at radius 2 is 1.71 bits per heavy atom. The summed E-state index contributed by atoms with van der Waals surface area (Å²) in [7, 11) is 0. The van der Waals surface area contributed by atoms with Crippen molar-refractivity contribution in [2.24, 2.45) is 0 Å². The summed E-state index contributed by atoms with van der Waals surface area (Å²) in [5.41, 5.74) is 5.93. The van der Waals surface area contributed by atoms with Crippen molar-refractivity contribution in [1.29, 1.82) is 0 Å². The van der Waals surface area contributed by atoms with E-state index >= 15 is 0 Å². The molecule has 0 bridgehead atoms. The van der Waals surface area contributed by atoms with Crippen molar-refractivity contribution in [1.82, 2.24) is 4.90 Å². The van der Waals surface area contributed by atoms with E-state index < -0.39 is 5.97 Å². The van der Waals surface area contributed by atoms with Gasteiger partial charge in [0.05, 0.1) is 5.56 Å². The number of carboxylic acid groups (broad SMARTS) is 1. The topological polar surface area (TPSA) is 43.8 Å². The molecule has 1 aliphatic heterocycles. The van der Waals surface area contributed by atoms with Crippen LogP contribution in [0.1, 0.15) is 21.5 Å². The van der Waals surface area contributed by atoms with Gasteiger partial charge in [-0.3, -0.25) is 4.90 Å². The van der Waals surface area contributed by atoms with Gasteiger partial charge < -0.3 is 10.0 Å². The summed E-state index contributed by atoms with van der Waals surface area (Å²) in [6, 6.07) is 20.0. The summed E-state index contributed by atoms with van der Waals surface area (Å²) in [6.07, 6.45) is 0. The maximum absolute atomic E-state index is 11.3. The minimum Gasteiger partial charge on any atom is -0.478 e. The third-order valence-electron chi connectivity index (χ3n) is 5.79. The first-order valence-electron chi connectivity index (χ1n) is 10.3. The van der Waals surface area contributed by atoms with Crippen LogP contribution in [0, 0.1) is 6.92 Å². The normalized spacial score (nSPS) is 14.6. The van der Waals surface area contributed by atoms with Crippen molar-refractivity contribution in [3.8, 4) is 11.1 Å². The van der Waals surface area contributed by atoms with E-state index in [0.29, 0.717) is 5.56 Å². The number of hydrogen-bond acceptors (Lipinski definition) is 3. The molecule has 4 rings (SSSR count). The van der Waals surface area contributed by atoms with Gasteiger partial charge in [-0.15, -0.1) is 0 Å². The number of nitrogens with zero attached hydrogens (tertiary/aromatic N) is 2. The summed E-state index contributed by atoms with van der Waals surface area (Å²) in [5, 5.41) is 9.99. The third-order valence-corrected chi connectivity index (χ3v) is 6.54. The average molecular weight is 500 g/mol. The molecule has 4 nitrogen and oxygen atoms in total. The van der Waals surface area contributed by atoms with Crippen molar-refractivity contribution < 1.29 is 9.90 Å². The first-order valence-corrected chi connectivity index (χ1v) is 11.4. The minimum absolute atomic E-state index is 0.367. The Balaban J connectivity index is 1.46. The Labute approximate surface area is 196 Å². The standard InChI is InChI=1S/C25H24BrClN2O2/c1-17-14-22(7-9-23(17)25(30)31)29-12-10-28(11-13-29)16-19-15-20(26)4-8-24(19)18-2-5-21(27)6-3-18/h2-9,14-15H,10-13,16H2,1H3,(H,30,31). The lowest BCUT2D eigenvalue weighted by atomic mass is 9.99. The number of aromatic carboxylic acids is 1. The van der Waals surface area contributed by atoms with Gasteiger partial charge in [0.15, 0.2) is 0 Å². The minimum atomic E-state index is -0.876. The van der Waals surface area contributed by atoms with Crippen LogP contribution in [-0.4, -0.2) is 42.2 Å². The van der Waals surface area contributed by atoms with E-state index in [2.05, 4.69) is 56.1 Å². The summed E-state index contributed by atoms with van der Waals surface area (Å²) in [6.45, 7) is 6.46. The van der Waals surface area contributed by atoms with Gasteiger partial charge in [0.2, 0.25) is 0 Å². The van der Waals surface area contributed by atoms with E-state index in [9.17, 15) is 9.90 Å². The smallest absolute Gasteiger partial charge is 0.335 e. The lowest BCUT2D eigenvalue weighted by Crippen LogP contribution is -2.46. The van der Waals surface area contributed by atoms with Crippen molar-refractivity contribution >= 4 is 39.2 Å². The lowest BCUT2D eigenvalue weighted by Gasteiger charge is -2.36. The predicted molar refractivity (Wildman–Crippen MR) is 130 cm³/mol. The SMILES string of the molecule is Cc1cc(N2CCN(Cc3cc(Br)ccc3-c3ccc(Cl)cc3)CC2)ccc1C(=O)O. The average Bonchev–Trinajstić information content (AvgIpc) is 2.75. The zero-order chi connectivity index (χ0) is 22.0. The van der Waals surface area contributed by atoms with Crippen LogP contribution < -0.4 is 4.90 Å². The number of halogens is 2. The molecule has 0 spiro atoms. The van der Waals surface area contributed by atoms with Gasteiger partial charge in [0.1, 0.15) is 0 Å². The molecule has 1 fully saturated rings. The number of piperazine rings is 1. The fourth-order valence-corrected chi connectivity index (χ4v) is 4.63. The van der Waals surface area contributed by atoms with E-state index in [1.165, 1.54) is 16.7 Å². The fraction of sp³-hybridized carbons (Fsp3) is 0.240. The van der Waals surface area contributed by atoms with Gasteiger partial charge in [-0.05, 0) is 71.6 Å². The molecule has 3 aromatic rings. The van der Waals surface area contributed by atoms with Crippen LogP contribution in [0.5, 0.6) is 0 Å². The Morgan fingerprint density at radius 1 is 1.00 bits per heavy atom. The van der Waals surface area contributed by atoms with Crippen molar-refractivity contribution in [3.05, 3.63) is 86.8 Å². The second-order valence-electron chi connectivity index (χ2n) is 7.88. The third kappa shape index (κ3) is 5.12. The van der Waals surface area contributed by atoms with Crippen molar-refractivity contribution in [3.63, 3.8) is 0 Å². The van der Waals surface area contributed by atoms with Gasteiger partial charge in [-0.25, -0.2) is 4.79 Å². The maximum Gasteiger partial charge on any atom is 0.335 e. The van der Waals surface area contributed by atoms with Gasteiger partial charge in [-0.2, -0.15) is 0 Å². The quantitative estimate of drug-likeness (QED) is 0.461. The highest BCUT2D eigenvalue weighted by Crippen LogP contribution is 2.29. The molecule has 6 heteroatoms. The van der Waals surface area contributed by atoms with Crippen LogP contribution in [0.15, 0.2) is 65.1 Å². The molecule has 1 aliphatic rings. The highest BCUT2D eigenvalue weighted by molar-refractivity contribution is 9.10. The monoisotopic (exact) mass is 498 g/mol. The van der Waals surface area contributed by atoms with Crippen molar-refractivity contribution in [2.45, 2.75) is 13.5 Å². The molecular formula is C25H24BrClN2O2.